The summed E-state index contributed by atoms with van der Waals surface area (Å²) in [7, 11) is 0. The number of nitrogens with zero attached hydrogens (tertiary/aromatic N) is 4. The van der Waals surface area contributed by atoms with Crippen molar-refractivity contribution in [1.82, 2.24) is 19.5 Å². The standard InChI is InChI=1S/C18H19N5O4S/c1-13(28-15-8-6-14(7-9-15)23(26)27)17(24)19-10-4-12-22-18(25)21-11-3-2-5-16(21)20-22/h2-3,5-9,11,13H,4,10,12H2,1H3,(H,19,24). The normalized spacial score (nSPS) is 12.0. The van der Waals surface area contributed by atoms with E-state index in [0.29, 0.717) is 25.2 Å². The maximum Gasteiger partial charge on any atom is 0.350 e. The molecule has 9 nitrogen and oxygen atoms in total. The van der Waals surface area contributed by atoms with Crippen molar-refractivity contribution in [3.63, 3.8) is 0 Å². The average Bonchev–Trinajstić information content (AvgIpc) is 3.01. The highest BCUT2D eigenvalue weighted by molar-refractivity contribution is 8.00. The van der Waals surface area contributed by atoms with Gasteiger partial charge in [-0.25, -0.2) is 9.48 Å². The van der Waals surface area contributed by atoms with Crippen LogP contribution in [0.25, 0.3) is 5.65 Å². The molecule has 0 fully saturated rings. The second kappa shape index (κ2) is 8.70. The molecule has 0 aliphatic heterocycles. The Morgan fingerprint density at radius 1 is 1.29 bits per heavy atom. The van der Waals surface area contributed by atoms with E-state index in [9.17, 15) is 19.7 Å². The van der Waals surface area contributed by atoms with Crippen molar-refractivity contribution in [2.45, 2.75) is 30.0 Å². The topological polar surface area (TPSA) is 112 Å². The van der Waals surface area contributed by atoms with Gasteiger partial charge in [-0.2, -0.15) is 0 Å². The third-order valence-corrected chi connectivity index (χ3v) is 5.18. The number of hydrogen-bond donors (Lipinski definition) is 1. The zero-order chi connectivity index (χ0) is 20.1. The second-order valence-electron chi connectivity index (χ2n) is 6.09. The Morgan fingerprint density at radius 2 is 2.04 bits per heavy atom. The minimum absolute atomic E-state index is 0.0173. The number of amides is 1. The Balaban J connectivity index is 1.46. The summed E-state index contributed by atoms with van der Waals surface area (Å²) >= 11 is 1.33. The maximum absolute atomic E-state index is 12.2. The van der Waals surface area contributed by atoms with Crippen LogP contribution in [-0.2, 0) is 11.3 Å². The van der Waals surface area contributed by atoms with Crippen molar-refractivity contribution in [1.29, 1.82) is 0 Å². The maximum atomic E-state index is 12.2. The van der Waals surface area contributed by atoms with Gasteiger partial charge in [0, 0.05) is 36.3 Å². The van der Waals surface area contributed by atoms with Crippen molar-refractivity contribution >= 4 is 29.0 Å². The number of thioether (sulfide) groups is 1. The smallest absolute Gasteiger partial charge is 0.350 e. The number of pyridine rings is 1. The number of nitrogens with one attached hydrogen (secondary N) is 1. The van der Waals surface area contributed by atoms with Crippen LogP contribution in [0.1, 0.15) is 13.3 Å². The quantitative estimate of drug-likeness (QED) is 0.268. The van der Waals surface area contributed by atoms with Crippen molar-refractivity contribution in [3.8, 4) is 0 Å². The summed E-state index contributed by atoms with van der Waals surface area (Å²) < 4.78 is 2.86. The van der Waals surface area contributed by atoms with Gasteiger partial charge in [-0.3, -0.25) is 19.3 Å². The van der Waals surface area contributed by atoms with Gasteiger partial charge in [-0.15, -0.1) is 16.9 Å². The minimum atomic E-state index is -0.459. The van der Waals surface area contributed by atoms with Gasteiger partial charge in [-0.05, 0) is 37.6 Å². The summed E-state index contributed by atoms with van der Waals surface area (Å²) in [6.45, 7) is 2.60. The fraction of sp³-hybridized carbons (Fsp3) is 0.278. The largest absolute Gasteiger partial charge is 0.355 e. The van der Waals surface area contributed by atoms with Crippen LogP contribution in [0, 0.1) is 10.1 Å². The van der Waals surface area contributed by atoms with Crippen LogP contribution in [0.2, 0.25) is 0 Å². The molecular formula is C18H19N5O4S. The molecule has 28 heavy (non-hydrogen) atoms. The number of carbonyl (C=O) groups is 1. The van der Waals surface area contributed by atoms with Crippen LogP contribution in [0.4, 0.5) is 5.69 Å². The fourth-order valence-corrected chi connectivity index (χ4v) is 3.49. The molecule has 0 spiro atoms. The molecule has 146 valence electrons. The van der Waals surface area contributed by atoms with Gasteiger partial charge in [0.2, 0.25) is 5.91 Å². The Hall–Kier alpha value is -3.14. The van der Waals surface area contributed by atoms with Gasteiger partial charge in [-0.1, -0.05) is 6.07 Å². The Morgan fingerprint density at radius 3 is 2.71 bits per heavy atom. The number of rotatable bonds is 8. The van der Waals surface area contributed by atoms with Gasteiger partial charge in [0.15, 0.2) is 5.65 Å². The lowest BCUT2D eigenvalue weighted by Crippen LogP contribution is -2.32. The van der Waals surface area contributed by atoms with Crippen LogP contribution in [0.5, 0.6) is 0 Å². The van der Waals surface area contributed by atoms with Crippen molar-refractivity contribution in [2.24, 2.45) is 0 Å². The molecular weight excluding hydrogens is 382 g/mol. The van der Waals surface area contributed by atoms with E-state index in [2.05, 4.69) is 10.4 Å². The Bertz CT molecular complexity index is 1040. The van der Waals surface area contributed by atoms with Gasteiger partial charge in [0.1, 0.15) is 0 Å². The summed E-state index contributed by atoms with van der Waals surface area (Å²) in [6.07, 6.45) is 2.24. The van der Waals surface area contributed by atoms with E-state index < -0.39 is 4.92 Å². The van der Waals surface area contributed by atoms with Crippen LogP contribution >= 0.6 is 11.8 Å². The van der Waals surface area contributed by atoms with Crippen molar-refractivity contribution < 1.29 is 9.72 Å². The lowest BCUT2D eigenvalue weighted by molar-refractivity contribution is -0.384. The molecule has 3 aromatic rings. The highest BCUT2D eigenvalue weighted by Crippen LogP contribution is 2.25. The lowest BCUT2D eigenvalue weighted by atomic mass is 10.3. The van der Waals surface area contributed by atoms with Crippen LogP contribution in [0.3, 0.4) is 0 Å². The number of fused-ring (bicyclic) bond motifs is 1. The number of benzene rings is 1. The van der Waals surface area contributed by atoms with E-state index in [1.807, 2.05) is 6.07 Å². The highest BCUT2D eigenvalue weighted by Gasteiger charge is 2.15. The zero-order valence-corrected chi connectivity index (χ0v) is 16.0. The third kappa shape index (κ3) is 4.58. The van der Waals surface area contributed by atoms with Crippen LogP contribution in [-0.4, -0.2) is 36.8 Å². The first kappa shape index (κ1) is 19.6. The van der Waals surface area contributed by atoms with Crippen molar-refractivity contribution in [3.05, 3.63) is 69.3 Å². The third-order valence-electron chi connectivity index (χ3n) is 4.06. The van der Waals surface area contributed by atoms with E-state index in [4.69, 9.17) is 0 Å². The number of non-ortho nitro benzene ring substituents is 1. The van der Waals surface area contributed by atoms with Gasteiger partial charge in [0.05, 0.1) is 10.2 Å². The number of nitro benzene ring substituents is 1. The number of nitro groups is 1. The monoisotopic (exact) mass is 401 g/mol. The molecule has 1 N–H and O–H groups in total. The molecule has 2 heterocycles. The summed E-state index contributed by atoms with van der Waals surface area (Å²) in [6, 6.07) is 11.4. The van der Waals surface area contributed by atoms with E-state index in [1.54, 1.807) is 37.4 Å². The molecule has 1 amide bonds. The summed E-state index contributed by atoms with van der Waals surface area (Å²) in [5.41, 5.74) is 0.400. The molecule has 3 rings (SSSR count). The van der Waals surface area contributed by atoms with Crippen LogP contribution in [0.15, 0.2) is 58.4 Å². The summed E-state index contributed by atoms with van der Waals surface area (Å²) in [5.74, 6) is -0.134. The zero-order valence-electron chi connectivity index (χ0n) is 15.1. The van der Waals surface area contributed by atoms with Crippen molar-refractivity contribution in [2.75, 3.05) is 6.54 Å². The molecule has 10 heteroatoms. The molecule has 0 bridgehead atoms. The number of carbonyl (C=O) groups excluding carboxylic acids is 1. The van der Waals surface area contributed by atoms with Crippen LogP contribution < -0.4 is 11.0 Å². The highest BCUT2D eigenvalue weighted by atomic mass is 32.2. The van der Waals surface area contributed by atoms with Gasteiger partial charge in [0.25, 0.3) is 5.69 Å². The predicted octanol–water partition coefficient (Wildman–Crippen LogP) is 2.09. The molecule has 0 saturated carbocycles. The molecule has 0 radical (unpaired) electrons. The summed E-state index contributed by atoms with van der Waals surface area (Å²) in [4.78, 5) is 35.4. The minimum Gasteiger partial charge on any atom is -0.355 e. The Labute approximate surface area is 164 Å². The fourth-order valence-electron chi connectivity index (χ4n) is 2.60. The molecule has 1 unspecified atom stereocenters. The van der Waals surface area contributed by atoms with E-state index >= 15 is 0 Å². The number of hydrogen-bond acceptors (Lipinski definition) is 6. The lowest BCUT2D eigenvalue weighted by Gasteiger charge is -2.11. The molecule has 0 aliphatic rings. The first-order valence-electron chi connectivity index (χ1n) is 8.69. The second-order valence-corrected chi connectivity index (χ2v) is 7.50. The molecule has 1 atom stereocenters. The number of aromatic nitrogens is 3. The molecule has 0 saturated heterocycles. The SMILES string of the molecule is CC(Sc1ccc([N+](=O)[O-])cc1)C(=O)NCCCn1nc2ccccn2c1=O. The molecule has 1 aromatic carbocycles. The first-order valence-corrected chi connectivity index (χ1v) is 9.56. The van der Waals surface area contributed by atoms with Gasteiger partial charge >= 0.3 is 5.69 Å². The van der Waals surface area contributed by atoms with E-state index in [1.165, 1.54) is 33.0 Å². The predicted molar refractivity (Wildman–Crippen MR) is 105 cm³/mol. The first-order chi connectivity index (χ1) is 13.5. The van der Waals surface area contributed by atoms with E-state index in [-0.39, 0.29) is 22.5 Å². The average molecular weight is 401 g/mol. The van der Waals surface area contributed by atoms with Gasteiger partial charge < -0.3 is 5.32 Å². The Kier molecular flexibility index (Phi) is 6.09. The summed E-state index contributed by atoms with van der Waals surface area (Å²) in [5, 5.41) is 17.4. The molecule has 2 aromatic heterocycles. The van der Waals surface area contributed by atoms with E-state index in [0.717, 1.165) is 4.90 Å². The number of aryl methyl sites for hydroxylation is 1. The molecule has 0 aliphatic carbocycles.